The molecule has 3 heterocycles. The predicted octanol–water partition coefficient (Wildman–Crippen LogP) is 1.28. The zero-order chi connectivity index (χ0) is 14.8. The highest BCUT2D eigenvalue weighted by Gasteiger charge is 2.11. The number of hydrogen-bond donors (Lipinski definition) is 0. The molecule has 0 radical (unpaired) electrons. The van der Waals surface area contributed by atoms with Gasteiger partial charge in [0.25, 0.3) is 0 Å². The molecule has 0 N–H and O–H groups in total. The molecule has 22 heavy (non-hydrogen) atoms. The largest absolute Gasteiger partial charge is 0.455 e. The van der Waals surface area contributed by atoms with Gasteiger partial charge < -0.3 is 4.74 Å². The van der Waals surface area contributed by atoms with E-state index in [4.69, 9.17) is 4.74 Å². The highest BCUT2D eigenvalue weighted by atomic mass is 16.5. The number of fused-ring (bicyclic) bond motifs is 1. The Morgan fingerprint density at radius 3 is 2.68 bits per heavy atom. The van der Waals surface area contributed by atoms with Gasteiger partial charge in [-0.2, -0.15) is 4.68 Å². The number of aromatic nitrogens is 7. The first-order valence-corrected chi connectivity index (χ1v) is 6.67. The Hall–Kier alpha value is -3.29. The maximum atomic E-state index is 5.69. The molecule has 1 aromatic carbocycles. The molecule has 4 rings (SSSR count). The van der Waals surface area contributed by atoms with Crippen molar-refractivity contribution in [1.82, 2.24) is 34.8 Å². The van der Waals surface area contributed by atoms with Crippen LogP contribution in [0, 0.1) is 0 Å². The predicted molar refractivity (Wildman–Crippen MR) is 76.5 cm³/mol. The summed E-state index contributed by atoms with van der Waals surface area (Å²) in [5.74, 6) is 0.582. The van der Waals surface area contributed by atoms with Crippen LogP contribution in [0.3, 0.4) is 0 Å². The molecule has 0 spiro atoms. The van der Waals surface area contributed by atoms with Gasteiger partial charge in [-0.05, 0) is 34.7 Å². The molecular formula is C14H11N7O. The minimum atomic E-state index is 0.192. The van der Waals surface area contributed by atoms with Crippen LogP contribution in [-0.2, 0) is 6.61 Å². The number of pyridine rings is 1. The molecule has 0 amide bonds. The molecule has 0 saturated carbocycles. The van der Waals surface area contributed by atoms with Gasteiger partial charge in [0.2, 0.25) is 0 Å². The topological polar surface area (TPSA) is 83.0 Å². The Labute approximate surface area is 125 Å². The van der Waals surface area contributed by atoms with E-state index in [0.29, 0.717) is 11.8 Å². The second-order valence-electron chi connectivity index (χ2n) is 4.54. The lowest BCUT2D eigenvalue weighted by Crippen LogP contribution is -2.08. The first-order valence-electron chi connectivity index (χ1n) is 6.67. The fourth-order valence-electron chi connectivity index (χ4n) is 2.11. The van der Waals surface area contributed by atoms with Crippen molar-refractivity contribution >= 4 is 5.65 Å². The summed E-state index contributed by atoms with van der Waals surface area (Å²) in [7, 11) is 0. The number of rotatable bonds is 4. The van der Waals surface area contributed by atoms with Crippen LogP contribution in [0.4, 0.5) is 0 Å². The molecule has 0 bridgehead atoms. The third kappa shape index (κ3) is 2.16. The van der Waals surface area contributed by atoms with Crippen LogP contribution in [-0.4, -0.2) is 34.8 Å². The van der Waals surface area contributed by atoms with E-state index in [1.165, 1.54) is 0 Å². The van der Waals surface area contributed by atoms with Crippen LogP contribution in [0.1, 0.15) is 5.82 Å². The van der Waals surface area contributed by atoms with E-state index in [2.05, 4.69) is 25.7 Å². The van der Waals surface area contributed by atoms with Gasteiger partial charge in [0.15, 0.2) is 18.1 Å². The third-order valence-electron chi connectivity index (χ3n) is 3.15. The Morgan fingerprint density at radius 2 is 1.77 bits per heavy atom. The van der Waals surface area contributed by atoms with Crippen LogP contribution >= 0.6 is 0 Å². The molecule has 4 aromatic rings. The molecule has 0 unspecified atom stereocenters. The fraction of sp³-hybridized carbons (Fsp3) is 0.0714. The first-order chi connectivity index (χ1) is 10.9. The summed E-state index contributed by atoms with van der Waals surface area (Å²) in [6, 6.07) is 15.7. The summed E-state index contributed by atoms with van der Waals surface area (Å²) in [4.78, 5) is 0. The van der Waals surface area contributed by atoms with Crippen LogP contribution in [0.15, 0.2) is 54.7 Å². The van der Waals surface area contributed by atoms with E-state index in [1.54, 1.807) is 9.08 Å². The van der Waals surface area contributed by atoms with Crippen LogP contribution in [0.25, 0.3) is 11.3 Å². The van der Waals surface area contributed by atoms with E-state index >= 15 is 0 Å². The molecule has 0 aliphatic carbocycles. The Balaban J connectivity index is 1.59. The van der Waals surface area contributed by atoms with Gasteiger partial charge in [-0.3, -0.25) is 4.40 Å². The standard InChI is InChI=1S/C14H11N7O/c1-2-6-11(7-3-1)21-13(16-18-19-21)10-22-14-17-15-12-8-4-5-9-20(12)14/h1-9H,10H2. The molecule has 0 saturated heterocycles. The van der Waals surface area contributed by atoms with Gasteiger partial charge in [-0.1, -0.05) is 29.4 Å². The maximum absolute atomic E-state index is 5.69. The second kappa shape index (κ2) is 5.24. The van der Waals surface area contributed by atoms with Crippen molar-refractivity contribution in [3.63, 3.8) is 0 Å². The van der Waals surface area contributed by atoms with E-state index in [9.17, 15) is 0 Å². The van der Waals surface area contributed by atoms with Gasteiger partial charge in [-0.15, -0.1) is 10.2 Å². The van der Waals surface area contributed by atoms with E-state index < -0.39 is 0 Å². The molecule has 8 nitrogen and oxygen atoms in total. The average molecular weight is 293 g/mol. The van der Waals surface area contributed by atoms with E-state index in [1.807, 2.05) is 54.7 Å². The van der Waals surface area contributed by atoms with Crippen LogP contribution in [0.5, 0.6) is 6.01 Å². The van der Waals surface area contributed by atoms with Crippen molar-refractivity contribution in [2.45, 2.75) is 6.61 Å². The quantitative estimate of drug-likeness (QED) is 0.563. The molecule has 0 aliphatic rings. The Morgan fingerprint density at radius 1 is 0.909 bits per heavy atom. The Bertz CT molecular complexity index is 900. The van der Waals surface area contributed by atoms with Crippen molar-refractivity contribution in [1.29, 1.82) is 0 Å². The third-order valence-corrected chi connectivity index (χ3v) is 3.15. The van der Waals surface area contributed by atoms with Crippen LogP contribution < -0.4 is 4.74 Å². The van der Waals surface area contributed by atoms with Crippen molar-refractivity contribution in [2.24, 2.45) is 0 Å². The number of hydrogen-bond acceptors (Lipinski definition) is 6. The minimum absolute atomic E-state index is 0.192. The van der Waals surface area contributed by atoms with Crippen LogP contribution in [0.2, 0.25) is 0 Å². The number of benzene rings is 1. The lowest BCUT2D eigenvalue weighted by molar-refractivity contribution is 0.265. The summed E-state index contributed by atoms with van der Waals surface area (Å²) in [6.45, 7) is 0.192. The molecule has 0 atom stereocenters. The van der Waals surface area contributed by atoms with Gasteiger partial charge in [0.1, 0.15) is 0 Å². The SMILES string of the molecule is c1ccc(-n2nnnc2COc2nnc3ccccn23)cc1. The highest BCUT2D eigenvalue weighted by Crippen LogP contribution is 2.12. The Kier molecular flexibility index (Phi) is 2.97. The number of para-hydroxylation sites is 1. The van der Waals surface area contributed by atoms with Crippen molar-refractivity contribution < 1.29 is 4.74 Å². The fourth-order valence-corrected chi connectivity index (χ4v) is 2.11. The lowest BCUT2D eigenvalue weighted by Gasteiger charge is -2.05. The normalized spacial score (nSPS) is 10.9. The summed E-state index contributed by atoms with van der Waals surface area (Å²) in [5.41, 5.74) is 1.59. The number of ether oxygens (including phenoxy) is 1. The summed E-state index contributed by atoms with van der Waals surface area (Å²) < 4.78 is 9.08. The second-order valence-corrected chi connectivity index (χ2v) is 4.54. The highest BCUT2D eigenvalue weighted by molar-refractivity contribution is 5.38. The monoisotopic (exact) mass is 293 g/mol. The van der Waals surface area contributed by atoms with Crippen molar-refractivity contribution in [3.8, 4) is 11.7 Å². The van der Waals surface area contributed by atoms with E-state index in [-0.39, 0.29) is 6.61 Å². The molecule has 3 aromatic heterocycles. The molecule has 8 heteroatoms. The van der Waals surface area contributed by atoms with Crippen molar-refractivity contribution in [3.05, 3.63) is 60.6 Å². The van der Waals surface area contributed by atoms with Gasteiger partial charge in [0.05, 0.1) is 5.69 Å². The molecule has 0 fully saturated rings. The molecule has 0 aliphatic heterocycles. The summed E-state index contributed by atoms with van der Waals surface area (Å²) in [6.07, 6.45) is 1.84. The summed E-state index contributed by atoms with van der Waals surface area (Å²) >= 11 is 0. The zero-order valence-electron chi connectivity index (χ0n) is 11.4. The average Bonchev–Trinajstić information content (AvgIpc) is 3.20. The summed E-state index contributed by atoms with van der Waals surface area (Å²) in [5, 5.41) is 19.7. The lowest BCUT2D eigenvalue weighted by atomic mass is 10.3. The van der Waals surface area contributed by atoms with Gasteiger partial charge in [0, 0.05) is 6.20 Å². The van der Waals surface area contributed by atoms with Gasteiger partial charge in [-0.25, -0.2) is 0 Å². The molecular weight excluding hydrogens is 282 g/mol. The first kappa shape index (κ1) is 12.5. The molecule has 108 valence electrons. The maximum Gasteiger partial charge on any atom is 0.321 e. The smallest absolute Gasteiger partial charge is 0.321 e. The number of tetrazole rings is 1. The number of nitrogens with zero attached hydrogens (tertiary/aromatic N) is 7. The minimum Gasteiger partial charge on any atom is -0.455 e. The zero-order valence-corrected chi connectivity index (χ0v) is 11.4. The van der Waals surface area contributed by atoms with E-state index in [0.717, 1.165) is 11.3 Å². The van der Waals surface area contributed by atoms with Crippen molar-refractivity contribution in [2.75, 3.05) is 0 Å². The van der Waals surface area contributed by atoms with Gasteiger partial charge >= 0.3 is 6.01 Å².